The summed E-state index contributed by atoms with van der Waals surface area (Å²) in [6.07, 6.45) is 5.18. The third-order valence-corrected chi connectivity index (χ3v) is 5.15. The van der Waals surface area contributed by atoms with E-state index in [1.54, 1.807) is 42.4 Å². The fourth-order valence-corrected chi connectivity index (χ4v) is 3.36. The second kappa shape index (κ2) is 10.5. The third-order valence-electron chi connectivity index (χ3n) is 4.84. The van der Waals surface area contributed by atoms with E-state index in [0.29, 0.717) is 35.3 Å². The number of amides is 1. The zero-order valence-corrected chi connectivity index (χ0v) is 18.7. The van der Waals surface area contributed by atoms with E-state index < -0.39 is 0 Å². The Balaban J connectivity index is 1.40. The van der Waals surface area contributed by atoms with Crippen molar-refractivity contribution >= 4 is 23.9 Å². The molecule has 10 heteroatoms. The molecular weight excluding hydrogens is 440 g/mol. The molecule has 1 aromatic carbocycles. The molecule has 0 saturated heterocycles. The Labute approximate surface area is 195 Å². The first-order valence-electron chi connectivity index (χ1n) is 10.2. The lowest BCUT2D eigenvalue weighted by molar-refractivity contribution is -0.116. The summed E-state index contributed by atoms with van der Waals surface area (Å²) in [5.74, 6) is 2.03. The molecule has 0 saturated carbocycles. The maximum atomic E-state index is 12.7. The molecule has 0 fully saturated rings. The first kappa shape index (κ1) is 22.2. The van der Waals surface area contributed by atoms with E-state index >= 15 is 0 Å². The van der Waals surface area contributed by atoms with E-state index in [1.807, 2.05) is 36.4 Å². The first-order valence-corrected chi connectivity index (χ1v) is 10.6. The lowest BCUT2D eigenvalue weighted by atomic mass is 10.2. The maximum absolute atomic E-state index is 12.7. The molecule has 3 aromatic heterocycles. The van der Waals surface area contributed by atoms with Gasteiger partial charge in [0.15, 0.2) is 22.2 Å². The number of ether oxygens (including phenoxy) is 2. The Bertz CT molecular complexity index is 1270. The summed E-state index contributed by atoms with van der Waals surface area (Å²) in [7, 11) is 1.61. The highest BCUT2D eigenvalue weighted by Crippen LogP contribution is 2.23. The largest absolute Gasteiger partial charge is 0.497 e. The van der Waals surface area contributed by atoms with Crippen molar-refractivity contribution in [2.45, 2.75) is 19.6 Å². The quantitative estimate of drug-likeness (QED) is 0.362. The lowest BCUT2D eigenvalue weighted by Crippen LogP contribution is -2.16. The average Bonchev–Trinajstić information content (AvgIpc) is 3.23. The number of benzene rings is 1. The number of rotatable bonds is 9. The molecule has 0 spiro atoms. The van der Waals surface area contributed by atoms with E-state index in [0.717, 1.165) is 16.9 Å². The van der Waals surface area contributed by atoms with Gasteiger partial charge in [-0.1, -0.05) is 0 Å². The minimum absolute atomic E-state index is 0.178. The van der Waals surface area contributed by atoms with E-state index in [2.05, 4.69) is 25.5 Å². The fraction of sp³-hybridized carbons (Fsp3) is 0.174. The average molecular weight is 463 g/mol. The van der Waals surface area contributed by atoms with Gasteiger partial charge < -0.3 is 14.8 Å². The van der Waals surface area contributed by atoms with Gasteiger partial charge in [0.05, 0.1) is 7.11 Å². The van der Waals surface area contributed by atoms with Gasteiger partial charge in [0, 0.05) is 37.1 Å². The summed E-state index contributed by atoms with van der Waals surface area (Å²) in [5.41, 5.74) is 1.83. The van der Waals surface area contributed by atoms with Gasteiger partial charge in [-0.15, -0.1) is 0 Å². The standard InChI is InChI=1S/C23H22N6O3S/c1-31-18-6-4-17(5-7-18)22-27-28-23(33)29(22)14-10-20(30)26-21-19(3-2-11-25-21)32-15-16-8-12-24-13-9-16/h2-9,11-13H,10,14-15H2,1H3,(H,28,33)(H,25,26,30). The normalized spacial score (nSPS) is 10.6. The molecule has 4 aromatic rings. The van der Waals surface area contributed by atoms with Crippen LogP contribution in [-0.2, 0) is 17.9 Å². The maximum Gasteiger partial charge on any atom is 0.227 e. The highest BCUT2D eigenvalue weighted by molar-refractivity contribution is 7.71. The SMILES string of the molecule is COc1ccc(-c2n[nH]c(=S)n2CCC(=O)Nc2ncccc2OCc2ccncc2)cc1. The Morgan fingerprint density at radius 2 is 1.91 bits per heavy atom. The Morgan fingerprint density at radius 3 is 2.67 bits per heavy atom. The summed E-state index contributed by atoms with van der Waals surface area (Å²) in [4.78, 5) is 20.9. The van der Waals surface area contributed by atoms with Gasteiger partial charge in [-0.3, -0.25) is 19.4 Å². The number of hydrogen-bond donors (Lipinski definition) is 2. The minimum atomic E-state index is -0.216. The number of aromatic nitrogens is 5. The van der Waals surface area contributed by atoms with Crippen LogP contribution >= 0.6 is 12.2 Å². The number of H-pyrrole nitrogens is 1. The molecule has 33 heavy (non-hydrogen) atoms. The number of carbonyl (C=O) groups excluding carboxylic acids is 1. The second-order valence-corrected chi connectivity index (χ2v) is 7.41. The molecule has 9 nitrogen and oxygen atoms in total. The molecule has 4 rings (SSSR count). The number of pyridine rings is 2. The van der Waals surface area contributed by atoms with Crippen LogP contribution in [0.5, 0.6) is 11.5 Å². The highest BCUT2D eigenvalue weighted by atomic mass is 32.1. The second-order valence-electron chi connectivity index (χ2n) is 7.02. The molecule has 0 bridgehead atoms. The van der Waals surface area contributed by atoms with Gasteiger partial charge in [-0.2, -0.15) is 5.10 Å². The van der Waals surface area contributed by atoms with Crippen LogP contribution in [0, 0.1) is 4.77 Å². The zero-order valence-electron chi connectivity index (χ0n) is 17.9. The van der Waals surface area contributed by atoms with Crippen LogP contribution in [0.15, 0.2) is 67.1 Å². The van der Waals surface area contributed by atoms with E-state index in [4.69, 9.17) is 21.7 Å². The molecule has 3 heterocycles. The van der Waals surface area contributed by atoms with Crippen molar-refractivity contribution in [1.29, 1.82) is 0 Å². The Kier molecular flexibility index (Phi) is 7.06. The van der Waals surface area contributed by atoms with Gasteiger partial charge in [0.25, 0.3) is 0 Å². The van der Waals surface area contributed by atoms with Crippen molar-refractivity contribution in [2.24, 2.45) is 0 Å². The van der Waals surface area contributed by atoms with E-state index in [-0.39, 0.29) is 12.3 Å². The van der Waals surface area contributed by atoms with Gasteiger partial charge in [-0.05, 0) is 66.3 Å². The van der Waals surface area contributed by atoms with E-state index in [1.165, 1.54) is 0 Å². The molecule has 0 aliphatic carbocycles. The molecule has 2 N–H and O–H groups in total. The lowest BCUT2D eigenvalue weighted by Gasteiger charge is -2.12. The molecule has 0 radical (unpaired) electrons. The zero-order chi connectivity index (χ0) is 23.0. The van der Waals surface area contributed by atoms with Gasteiger partial charge in [0.2, 0.25) is 5.91 Å². The summed E-state index contributed by atoms with van der Waals surface area (Å²) in [6, 6.07) is 14.7. The first-order chi connectivity index (χ1) is 16.1. The summed E-state index contributed by atoms with van der Waals surface area (Å²) in [5, 5.41) is 9.92. The third kappa shape index (κ3) is 5.60. The van der Waals surface area contributed by atoms with Crippen LogP contribution in [0.1, 0.15) is 12.0 Å². The predicted octanol–water partition coefficient (Wildman–Crippen LogP) is 4.01. The minimum Gasteiger partial charge on any atom is -0.497 e. The number of nitrogens with zero attached hydrogens (tertiary/aromatic N) is 4. The highest BCUT2D eigenvalue weighted by Gasteiger charge is 2.13. The van der Waals surface area contributed by atoms with Crippen LogP contribution in [0.4, 0.5) is 5.82 Å². The molecule has 1 amide bonds. The number of anilines is 1. The fourth-order valence-electron chi connectivity index (χ4n) is 3.13. The molecule has 0 unspecified atom stereocenters. The van der Waals surface area contributed by atoms with Crippen molar-refractivity contribution in [1.82, 2.24) is 24.7 Å². The molecular formula is C23H22N6O3S. The monoisotopic (exact) mass is 462 g/mol. The number of carbonyl (C=O) groups is 1. The summed E-state index contributed by atoms with van der Waals surface area (Å²) in [6.45, 7) is 0.690. The summed E-state index contributed by atoms with van der Waals surface area (Å²) >= 11 is 5.36. The van der Waals surface area contributed by atoms with Crippen LogP contribution in [0.25, 0.3) is 11.4 Å². The van der Waals surface area contributed by atoms with Crippen LogP contribution < -0.4 is 14.8 Å². The van der Waals surface area contributed by atoms with Gasteiger partial charge in [-0.25, -0.2) is 4.98 Å². The van der Waals surface area contributed by atoms with Crippen molar-refractivity contribution in [3.8, 4) is 22.9 Å². The molecule has 168 valence electrons. The van der Waals surface area contributed by atoms with Gasteiger partial charge >= 0.3 is 0 Å². The summed E-state index contributed by atoms with van der Waals surface area (Å²) < 4.78 is 13.3. The number of aromatic amines is 1. The van der Waals surface area contributed by atoms with Crippen LogP contribution in [0.2, 0.25) is 0 Å². The van der Waals surface area contributed by atoms with Crippen molar-refractivity contribution < 1.29 is 14.3 Å². The van der Waals surface area contributed by atoms with Crippen molar-refractivity contribution in [3.05, 3.63) is 77.5 Å². The topological polar surface area (TPSA) is 107 Å². The Morgan fingerprint density at radius 1 is 1.12 bits per heavy atom. The van der Waals surface area contributed by atoms with Crippen molar-refractivity contribution in [2.75, 3.05) is 12.4 Å². The van der Waals surface area contributed by atoms with Crippen LogP contribution in [-0.4, -0.2) is 37.7 Å². The van der Waals surface area contributed by atoms with Crippen LogP contribution in [0.3, 0.4) is 0 Å². The Hall–Kier alpha value is -4.05. The predicted molar refractivity (Wildman–Crippen MR) is 125 cm³/mol. The number of methoxy groups -OCH3 is 1. The molecule has 0 aliphatic rings. The number of hydrogen-bond acceptors (Lipinski definition) is 7. The van der Waals surface area contributed by atoms with Gasteiger partial charge in [0.1, 0.15) is 12.4 Å². The molecule has 0 atom stereocenters. The van der Waals surface area contributed by atoms with E-state index in [9.17, 15) is 4.79 Å². The molecule has 0 aliphatic heterocycles. The smallest absolute Gasteiger partial charge is 0.227 e. The van der Waals surface area contributed by atoms with Crippen molar-refractivity contribution in [3.63, 3.8) is 0 Å². The number of nitrogens with one attached hydrogen (secondary N) is 2.